The molecule has 2 aliphatic carbocycles. The van der Waals surface area contributed by atoms with E-state index in [-0.39, 0.29) is 11.9 Å². The molecule has 0 unspecified atom stereocenters. The summed E-state index contributed by atoms with van der Waals surface area (Å²) in [6.07, 6.45) is 5.95. The van der Waals surface area contributed by atoms with Crippen molar-refractivity contribution >= 4 is 17.5 Å². The topological polar surface area (TPSA) is 67.2 Å². The standard InChI is InChI=1S/C17H18ClN3O2/c18-12-6-1-2-7-13(12)21-9-19-8-14(21)17(23)20-15-10-4-3-5-11(10)16(15)22/h1-2,6-11,15-16,22H,3-5H2,(H,20,23)/t10-,11+,15-,16+/m1/s1. The quantitative estimate of drug-likeness (QED) is 0.907. The van der Waals surface area contributed by atoms with Crippen molar-refractivity contribution in [1.82, 2.24) is 14.9 Å². The van der Waals surface area contributed by atoms with Crippen LogP contribution >= 0.6 is 11.6 Å². The van der Waals surface area contributed by atoms with Crippen LogP contribution in [0.1, 0.15) is 29.8 Å². The summed E-state index contributed by atoms with van der Waals surface area (Å²) in [6, 6.07) is 7.17. The first-order valence-corrected chi connectivity index (χ1v) is 8.31. The predicted molar refractivity (Wildman–Crippen MR) is 86.7 cm³/mol. The molecule has 2 fully saturated rings. The van der Waals surface area contributed by atoms with Gasteiger partial charge < -0.3 is 10.4 Å². The maximum absolute atomic E-state index is 12.6. The maximum Gasteiger partial charge on any atom is 0.270 e. The van der Waals surface area contributed by atoms with E-state index in [0.29, 0.717) is 28.2 Å². The van der Waals surface area contributed by atoms with Gasteiger partial charge >= 0.3 is 0 Å². The molecule has 0 radical (unpaired) electrons. The fourth-order valence-electron chi connectivity index (χ4n) is 3.98. The molecular formula is C17H18ClN3O2. The molecule has 5 nitrogen and oxygen atoms in total. The van der Waals surface area contributed by atoms with Gasteiger partial charge in [0.05, 0.1) is 35.4 Å². The third kappa shape index (κ3) is 2.35. The number of benzene rings is 1. The number of aromatic nitrogens is 2. The molecular weight excluding hydrogens is 314 g/mol. The van der Waals surface area contributed by atoms with Crippen molar-refractivity contribution < 1.29 is 9.90 Å². The highest BCUT2D eigenvalue weighted by molar-refractivity contribution is 6.32. The summed E-state index contributed by atoms with van der Waals surface area (Å²) in [5.74, 6) is 0.538. The zero-order chi connectivity index (χ0) is 16.0. The minimum absolute atomic E-state index is 0.149. The Hall–Kier alpha value is -1.85. The zero-order valence-corrected chi connectivity index (χ0v) is 13.3. The number of aliphatic hydroxyl groups is 1. The van der Waals surface area contributed by atoms with Gasteiger partial charge in [0.25, 0.3) is 5.91 Å². The lowest BCUT2D eigenvalue weighted by atomic mass is 9.68. The summed E-state index contributed by atoms with van der Waals surface area (Å²) in [4.78, 5) is 16.7. The monoisotopic (exact) mass is 331 g/mol. The van der Waals surface area contributed by atoms with E-state index in [1.165, 1.54) is 6.20 Å². The first kappa shape index (κ1) is 14.7. The zero-order valence-electron chi connectivity index (χ0n) is 12.5. The summed E-state index contributed by atoms with van der Waals surface area (Å²) < 4.78 is 1.68. The summed E-state index contributed by atoms with van der Waals surface area (Å²) in [5.41, 5.74) is 1.14. The number of rotatable bonds is 3. The van der Waals surface area contributed by atoms with Gasteiger partial charge in [-0.1, -0.05) is 30.2 Å². The number of aliphatic hydroxyl groups excluding tert-OH is 1. The number of carbonyl (C=O) groups is 1. The molecule has 4 atom stereocenters. The minimum atomic E-state index is -0.428. The van der Waals surface area contributed by atoms with Crippen LogP contribution in [-0.2, 0) is 0 Å². The van der Waals surface area contributed by atoms with Crippen LogP contribution in [0.25, 0.3) is 5.69 Å². The van der Waals surface area contributed by atoms with Gasteiger partial charge in [-0.2, -0.15) is 0 Å². The molecule has 23 heavy (non-hydrogen) atoms. The number of hydrogen-bond donors (Lipinski definition) is 2. The van der Waals surface area contributed by atoms with E-state index in [1.807, 2.05) is 18.2 Å². The Kier molecular flexibility index (Phi) is 3.62. The van der Waals surface area contributed by atoms with Crippen molar-refractivity contribution in [2.45, 2.75) is 31.4 Å². The molecule has 1 aromatic heterocycles. The van der Waals surface area contributed by atoms with Crippen LogP contribution in [0.3, 0.4) is 0 Å². The molecule has 0 aliphatic heterocycles. The smallest absolute Gasteiger partial charge is 0.270 e. The Bertz CT molecular complexity index is 745. The molecule has 2 aliphatic rings. The SMILES string of the molecule is O=C(N[C@H]1[C@@H](O)[C@H]2CCC[C@H]21)c1cncn1-c1ccccc1Cl. The third-order valence-corrected chi connectivity index (χ3v) is 5.49. The molecule has 120 valence electrons. The lowest BCUT2D eigenvalue weighted by Crippen LogP contribution is -2.61. The predicted octanol–water partition coefficient (Wildman–Crippen LogP) is 2.41. The highest BCUT2D eigenvalue weighted by atomic mass is 35.5. The average molecular weight is 332 g/mol. The summed E-state index contributed by atoms with van der Waals surface area (Å²) >= 11 is 6.21. The maximum atomic E-state index is 12.6. The molecule has 0 bridgehead atoms. The number of nitrogens with one attached hydrogen (secondary N) is 1. The van der Waals surface area contributed by atoms with Crippen LogP contribution in [0.2, 0.25) is 5.02 Å². The number of halogens is 1. The largest absolute Gasteiger partial charge is 0.391 e. The van der Waals surface area contributed by atoms with Gasteiger partial charge in [0, 0.05) is 0 Å². The van der Waals surface area contributed by atoms with E-state index >= 15 is 0 Å². The highest BCUT2D eigenvalue weighted by Crippen LogP contribution is 2.47. The molecule has 2 saturated carbocycles. The van der Waals surface area contributed by atoms with Crippen LogP contribution in [0.5, 0.6) is 0 Å². The van der Waals surface area contributed by atoms with E-state index in [0.717, 1.165) is 19.3 Å². The molecule has 2 aromatic rings. The Balaban J connectivity index is 1.56. The van der Waals surface area contributed by atoms with Crippen LogP contribution in [-0.4, -0.2) is 32.7 Å². The first-order valence-electron chi connectivity index (χ1n) is 7.93. The van der Waals surface area contributed by atoms with E-state index in [2.05, 4.69) is 10.3 Å². The molecule has 0 spiro atoms. The number of hydrogen-bond acceptors (Lipinski definition) is 3. The van der Waals surface area contributed by atoms with Crippen molar-refractivity contribution in [3.8, 4) is 5.69 Å². The molecule has 4 rings (SSSR count). The van der Waals surface area contributed by atoms with Crippen LogP contribution in [0.15, 0.2) is 36.8 Å². The highest BCUT2D eigenvalue weighted by Gasteiger charge is 2.52. The van der Waals surface area contributed by atoms with Crippen molar-refractivity contribution in [1.29, 1.82) is 0 Å². The summed E-state index contributed by atoms with van der Waals surface area (Å²) in [7, 11) is 0. The fraction of sp³-hybridized carbons (Fsp3) is 0.412. The molecule has 2 N–H and O–H groups in total. The van der Waals surface area contributed by atoms with E-state index in [1.54, 1.807) is 17.0 Å². The van der Waals surface area contributed by atoms with Crippen molar-refractivity contribution in [2.24, 2.45) is 11.8 Å². The number of nitrogens with zero attached hydrogens (tertiary/aromatic N) is 2. The Morgan fingerprint density at radius 1 is 1.30 bits per heavy atom. The number of fused-ring (bicyclic) bond motifs is 1. The lowest BCUT2D eigenvalue weighted by molar-refractivity contribution is -0.0522. The number of amides is 1. The number of carbonyl (C=O) groups excluding carboxylic acids is 1. The minimum Gasteiger partial charge on any atom is -0.391 e. The first-order chi connectivity index (χ1) is 11.2. The second kappa shape index (κ2) is 5.65. The normalized spacial score (nSPS) is 29.0. The van der Waals surface area contributed by atoms with E-state index in [4.69, 9.17) is 11.6 Å². The summed E-state index contributed by atoms with van der Waals surface area (Å²) in [6.45, 7) is 0. The van der Waals surface area contributed by atoms with Crippen LogP contribution in [0, 0.1) is 11.8 Å². The Morgan fingerprint density at radius 2 is 2.09 bits per heavy atom. The Morgan fingerprint density at radius 3 is 2.91 bits per heavy atom. The van der Waals surface area contributed by atoms with Crippen molar-refractivity contribution in [2.75, 3.05) is 0 Å². The summed E-state index contributed by atoms with van der Waals surface area (Å²) in [5, 5.41) is 13.7. The van der Waals surface area contributed by atoms with Crippen molar-refractivity contribution in [3.63, 3.8) is 0 Å². The molecule has 6 heteroatoms. The molecule has 1 aromatic carbocycles. The van der Waals surface area contributed by atoms with Gasteiger partial charge in [-0.05, 0) is 36.8 Å². The van der Waals surface area contributed by atoms with Crippen molar-refractivity contribution in [3.05, 3.63) is 47.5 Å². The van der Waals surface area contributed by atoms with Gasteiger partial charge in [-0.25, -0.2) is 4.98 Å². The van der Waals surface area contributed by atoms with Crippen LogP contribution in [0.4, 0.5) is 0 Å². The third-order valence-electron chi connectivity index (χ3n) is 5.17. The van der Waals surface area contributed by atoms with Gasteiger partial charge in [0.2, 0.25) is 0 Å². The Labute approximate surface area is 139 Å². The van der Waals surface area contributed by atoms with E-state index in [9.17, 15) is 9.90 Å². The van der Waals surface area contributed by atoms with E-state index < -0.39 is 6.10 Å². The second-order valence-corrected chi connectivity index (χ2v) is 6.76. The molecule has 0 saturated heterocycles. The van der Waals surface area contributed by atoms with Gasteiger partial charge in [-0.3, -0.25) is 9.36 Å². The number of imidazole rings is 1. The van der Waals surface area contributed by atoms with Gasteiger partial charge in [0.1, 0.15) is 5.69 Å². The van der Waals surface area contributed by atoms with Gasteiger partial charge in [0.15, 0.2) is 0 Å². The molecule has 1 heterocycles. The van der Waals surface area contributed by atoms with Crippen LogP contribution < -0.4 is 5.32 Å². The average Bonchev–Trinajstić information content (AvgIpc) is 3.20. The van der Waals surface area contributed by atoms with Gasteiger partial charge in [-0.15, -0.1) is 0 Å². The number of para-hydroxylation sites is 1. The fourth-order valence-corrected chi connectivity index (χ4v) is 4.21. The lowest BCUT2D eigenvalue weighted by Gasteiger charge is -2.46. The second-order valence-electron chi connectivity index (χ2n) is 6.35. The molecule has 1 amide bonds.